The molecule has 7 heteroatoms. The number of quaternary nitrogens is 1. The third-order valence-corrected chi connectivity index (χ3v) is 8.11. The predicted octanol–water partition coefficient (Wildman–Crippen LogP) is 8.81. The smallest absolute Gasteiger partial charge is 0.330 e. The molecule has 6 nitrogen and oxygen atoms in total. The average molecular weight is 585 g/mol. The molecule has 0 amide bonds. The van der Waals surface area contributed by atoms with Crippen LogP contribution in [0.4, 0.5) is 0 Å². The number of hydrogen-bond donors (Lipinski definition) is 1. The van der Waals surface area contributed by atoms with Crippen LogP contribution in [0.1, 0.15) is 116 Å². The molecule has 234 valence electrons. The molecule has 0 aliphatic heterocycles. The Morgan fingerprint density at radius 2 is 1.27 bits per heavy atom. The van der Waals surface area contributed by atoms with Crippen molar-refractivity contribution in [3.05, 3.63) is 35.9 Å². The van der Waals surface area contributed by atoms with Gasteiger partial charge in [0.1, 0.15) is 19.3 Å². The Balaban J connectivity index is 2.29. The molecule has 1 N–H and O–H groups in total. The Bertz CT molecular complexity index is 698. The van der Waals surface area contributed by atoms with Crippen LogP contribution in [0.15, 0.2) is 30.3 Å². The number of nitrogens with zero attached hydrogens (tertiary/aromatic N) is 1. The molecule has 1 rings (SSSR count). The zero-order valence-electron chi connectivity index (χ0n) is 26.9. The maximum atomic E-state index is 10.3. The quantitative estimate of drug-likeness (QED) is 0.0636. The van der Waals surface area contributed by atoms with Crippen molar-refractivity contribution < 1.29 is 27.9 Å². The van der Waals surface area contributed by atoms with Crippen LogP contribution < -0.4 is 0 Å². The van der Waals surface area contributed by atoms with Gasteiger partial charge in [-0.2, -0.15) is 0 Å². The van der Waals surface area contributed by atoms with E-state index in [1.54, 1.807) is 0 Å². The molecule has 0 aliphatic rings. The lowest BCUT2D eigenvalue weighted by Crippen LogP contribution is -2.44. The fourth-order valence-corrected chi connectivity index (χ4v) is 5.08. The third kappa shape index (κ3) is 21.2. The second kappa shape index (κ2) is 22.9. The Labute approximate surface area is 248 Å². The van der Waals surface area contributed by atoms with E-state index in [4.69, 9.17) is 18.5 Å². The van der Waals surface area contributed by atoms with Gasteiger partial charge in [-0.05, 0) is 25.8 Å². The SMILES string of the molecule is CCCCCCCCCCCCCCCCOC(C)(C)C(COP(O)OCC[N+](C)(C)C)OCc1ccccc1. The van der Waals surface area contributed by atoms with Crippen molar-refractivity contribution >= 4 is 8.60 Å². The number of likely N-dealkylation sites (N-methyl/N-ethyl adjacent to an activating group) is 1. The summed E-state index contributed by atoms with van der Waals surface area (Å²) in [6.45, 7) is 9.00. The molecule has 0 saturated heterocycles. The number of ether oxygens (including phenoxy) is 2. The Hall–Kier alpha value is -0.590. The standard InChI is InChI=1S/C33H63NO5P/c1-7-8-9-10-11-12-13-14-15-16-17-18-19-23-27-37-33(2,3)32(36-29-31-24-21-20-22-25-31)30-39-40(35)38-28-26-34(4,5)6/h20-22,24-25,32,35H,7-19,23,26-30H2,1-6H3/q+1. The van der Waals surface area contributed by atoms with E-state index in [0.29, 0.717) is 19.8 Å². The fraction of sp³-hybridized carbons (Fsp3) is 0.818. The molecular weight excluding hydrogens is 521 g/mol. The minimum absolute atomic E-state index is 0.213. The number of hydrogen-bond acceptors (Lipinski definition) is 5. The molecular formula is C33H63NO5P+. The van der Waals surface area contributed by atoms with Gasteiger partial charge in [0.2, 0.25) is 0 Å². The summed E-state index contributed by atoms with van der Waals surface area (Å²) in [6.07, 6.45) is 18.5. The second-order valence-corrected chi connectivity index (χ2v) is 13.7. The van der Waals surface area contributed by atoms with Gasteiger partial charge in [-0.25, -0.2) is 0 Å². The van der Waals surface area contributed by atoms with Crippen molar-refractivity contribution in [2.75, 3.05) is 47.5 Å². The molecule has 0 bridgehead atoms. The summed E-state index contributed by atoms with van der Waals surface area (Å²) in [5, 5.41) is 0. The van der Waals surface area contributed by atoms with Crippen LogP contribution >= 0.6 is 8.60 Å². The molecule has 0 spiro atoms. The van der Waals surface area contributed by atoms with E-state index in [1.807, 2.05) is 44.2 Å². The van der Waals surface area contributed by atoms with Gasteiger partial charge in [0, 0.05) is 6.61 Å². The predicted molar refractivity (Wildman–Crippen MR) is 169 cm³/mol. The lowest BCUT2D eigenvalue weighted by Gasteiger charge is -2.34. The van der Waals surface area contributed by atoms with Crippen molar-refractivity contribution in [2.24, 2.45) is 0 Å². The first-order valence-corrected chi connectivity index (χ1v) is 17.1. The lowest BCUT2D eigenvalue weighted by atomic mass is 10.0. The number of unbranched alkanes of at least 4 members (excludes halogenated alkanes) is 13. The minimum Gasteiger partial charge on any atom is -0.373 e. The first kappa shape index (κ1) is 37.4. The van der Waals surface area contributed by atoms with Crippen molar-refractivity contribution in [3.8, 4) is 0 Å². The molecule has 0 saturated carbocycles. The largest absolute Gasteiger partial charge is 0.373 e. The summed E-state index contributed by atoms with van der Waals surface area (Å²) >= 11 is 0. The van der Waals surface area contributed by atoms with Crippen LogP contribution in [0.3, 0.4) is 0 Å². The summed E-state index contributed by atoms with van der Waals surface area (Å²) in [6, 6.07) is 10.1. The van der Waals surface area contributed by atoms with Crippen LogP contribution in [-0.4, -0.2) is 68.6 Å². The monoisotopic (exact) mass is 584 g/mol. The Morgan fingerprint density at radius 3 is 1.80 bits per heavy atom. The highest BCUT2D eigenvalue weighted by atomic mass is 31.2. The fourth-order valence-electron chi connectivity index (χ4n) is 4.51. The molecule has 0 aromatic heterocycles. The van der Waals surface area contributed by atoms with E-state index in [-0.39, 0.29) is 12.7 Å². The summed E-state index contributed by atoms with van der Waals surface area (Å²) in [7, 11) is 4.32. The van der Waals surface area contributed by atoms with Gasteiger partial charge in [0.15, 0.2) is 0 Å². The zero-order valence-corrected chi connectivity index (χ0v) is 27.8. The molecule has 0 heterocycles. The molecule has 40 heavy (non-hydrogen) atoms. The van der Waals surface area contributed by atoms with Gasteiger partial charge in [-0.15, -0.1) is 0 Å². The first-order chi connectivity index (χ1) is 19.1. The maximum Gasteiger partial charge on any atom is 0.330 e. The highest BCUT2D eigenvalue weighted by molar-refractivity contribution is 7.40. The van der Waals surface area contributed by atoms with E-state index in [0.717, 1.165) is 23.0 Å². The summed E-state index contributed by atoms with van der Waals surface area (Å²) < 4.78 is 24.6. The highest BCUT2D eigenvalue weighted by Crippen LogP contribution is 2.34. The van der Waals surface area contributed by atoms with Crippen LogP contribution in [0.25, 0.3) is 0 Å². The number of benzene rings is 1. The first-order valence-electron chi connectivity index (χ1n) is 16.0. The molecule has 2 atom stereocenters. The molecule has 0 fully saturated rings. The van der Waals surface area contributed by atoms with E-state index in [2.05, 4.69) is 28.1 Å². The van der Waals surface area contributed by atoms with Crippen LogP contribution in [0, 0.1) is 0 Å². The zero-order chi connectivity index (χ0) is 29.5. The summed E-state index contributed by atoms with van der Waals surface area (Å²) in [5.41, 5.74) is 0.546. The third-order valence-electron chi connectivity index (χ3n) is 7.34. The topological polar surface area (TPSA) is 57.2 Å². The van der Waals surface area contributed by atoms with E-state index >= 15 is 0 Å². The average Bonchev–Trinajstić information content (AvgIpc) is 2.90. The summed E-state index contributed by atoms with van der Waals surface area (Å²) in [4.78, 5) is 10.3. The number of rotatable bonds is 27. The van der Waals surface area contributed by atoms with Crippen LogP contribution in [0.5, 0.6) is 0 Å². The Kier molecular flexibility index (Phi) is 21.5. The van der Waals surface area contributed by atoms with E-state index < -0.39 is 14.2 Å². The normalized spacial score (nSPS) is 14.0. The molecule has 0 radical (unpaired) electrons. The Morgan fingerprint density at radius 1 is 0.750 bits per heavy atom. The van der Waals surface area contributed by atoms with Gasteiger partial charge in [-0.3, -0.25) is 0 Å². The van der Waals surface area contributed by atoms with Crippen molar-refractivity contribution in [1.29, 1.82) is 0 Å². The van der Waals surface area contributed by atoms with E-state index in [9.17, 15) is 4.89 Å². The lowest BCUT2D eigenvalue weighted by molar-refractivity contribution is -0.870. The van der Waals surface area contributed by atoms with E-state index in [1.165, 1.54) is 83.5 Å². The van der Waals surface area contributed by atoms with Gasteiger partial charge < -0.3 is 27.9 Å². The van der Waals surface area contributed by atoms with Crippen molar-refractivity contribution in [2.45, 2.75) is 129 Å². The minimum atomic E-state index is -1.96. The van der Waals surface area contributed by atoms with Crippen molar-refractivity contribution in [1.82, 2.24) is 0 Å². The molecule has 1 aromatic carbocycles. The molecule has 0 aliphatic carbocycles. The highest BCUT2D eigenvalue weighted by Gasteiger charge is 2.33. The van der Waals surface area contributed by atoms with Crippen molar-refractivity contribution in [3.63, 3.8) is 0 Å². The second-order valence-electron chi connectivity index (χ2n) is 12.7. The molecule has 2 unspecified atom stereocenters. The maximum absolute atomic E-state index is 10.3. The molecule has 1 aromatic rings. The van der Waals surface area contributed by atoms with Gasteiger partial charge in [0.25, 0.3) is 0 Å². The summed E-state index contributed by atoms with van der Waals surface area (Å²) in [5.74, 6) is 0. The van der Waals surface area contributed by atoms with Crippen LogP contribution in [-0.2, 0) is 25.1 Å². The van der Waals surface area contributed by atoms with Gasteiger partial charge in [0.05, 0.1) is 40.0 Å². The van der Waals surface area contributed by atoms with Gasteiger partial charge >= 0.3 is 8.60 Å². The van der Waals surface area contributed by atoms with Gasteiger partial charge in [-0.1, -0.05) is 121 Å². The van der Waals surface area contributed by atoms with Crippen LogP contribution in [0.2, 0.25) is 0 Å².